The molecule has 0 radical (unpaired) electrons. The minimum atomic E-state index is -0.452. The molecule has 0 aliphatic carbocycles. The summed E-state index contributed by atoms with van der Waals surface area (Å²) in [6, 6.07) is 4.26. The molecule has 0 unspecified atom stereocenters. The number of non-ortho nitro benzene ring substituents is 1. The van der Waals surface area contributed by atoms with Crippen LogP contribution in [0.4, 0.5) is 17.2 Å². The maximum atomic E-state index is 10.9. The summed E-state index contributed by atoms with van der Waals surface area (Å²) in [5.74, 6) is 0.825. The van der Waals surface area contributed by atoms with E-state index in [9.17, 15) is 10.1 Å². The summed E-state index contributed by atoms with van der Waals surface area (Å²) in [6.07, 6.45) is 2.03. The lowest BCUT2D eigenvalue weighted by Gasteiger charge is -2.20. The van der Waals surface area contributed by atoms with Crippen molar-refractivity contribution in [1.29, 1.82) is 0 Å². The normalized spacial score (nSPS) is 11.7. The molecular weight excluding hydrogens is 356 g/mol. The Bertz CT molecular complexity index is 738. The highest BCUT2D eigenvalue weighted by Gasteiger charge is 2.13. The molecule has 2 rings (SSSR count). The minimum absolute atomic E-state index is 0.0261. The lowest BCUT2D eigenvalue weighted by molar-refractivity contribution is -0.384. The molecular formula is C14H17ClN4O2S2. The molecule has 0 saturated carbocycles. The largest absolute Gasteiger partial charge is 0.353 e. The molecule has 0 aliphatic rings. The molecule has 23 heavy (non-hydrogen) atoms. The molecule has 0 N–H and O–H groups in total. The van der Waals surface area contributed by atoms with Crippen LogP contribution in [0.25, 0.3) is 0 Å². The quantitative estimate of drug-likeness (QED) is 0.403. The maximum Gasteiger partial charge on any atom is 0.271 e. The number of anilines is 1. The van der Waals surface area contributed by atoms with Gasteiger partial charge in [0.25, 0.3) is 5.69 Å². The van der Waals surface area contributed by atoms with E-state index in [1.54, 1.807) is 0 Å². The number of hydrogen-bond donors (Lipinski definition) is 0. The Hall–Kier alpha value is -1.51. The van der Waals surface area contributed by atoms with Gasteiger partial charge in [0.15, 0.2) is 10.5 Å². The topological polar surface area (TPSA) is 71.6 Å². The highest BCUT2D eigenvalue weighted by Crippen LogP contribution is 2.29. The van der Waals surface area contributed by atoms with Gasteiger partial charge < -0.3 is 4.90 Å². The predicted molar refractivity (Wildman–Crippen MR) is 96.1 cm³/mol. The van der Waals surface area contributed by atoms with Crippen molar-refractivity contribution < 1.29 is 4.92 Å². The number of rotatable bonds is 7. The third kappa shape index (κ3) is 4.49. The van der Waals surface area contributed by atoms with Crippen LogP contribution in [0.3, 0.4) is 0 Å². The fourth-order valence-electron chi connectivity index (χ4n) is 2.10. The molecule has 0 fully saturated rings. The Morgan fingerprint density at radius 3 is 2.65 bits per heavy atom. The van der Waals surface area contributed by atoms with Crippen LogP contribution >= 0.6 is 32.5 Å². The molecule has 0 bridgehead atoms. The van der Waals surface area contributed by atoms with E-state index in [1.807, 2.05) is 0 Å². The van der Waals surface area contributed by atoms with Gasteiger partial charge in [-0.05, 0) is 29.2 Å². The van der Waals surface area contributed by atoms with Crippen molar-refractivity contribution in [2.75, 3.05) is 18.0 Å². The molecule has 0 aliphatic heterocycles. The average Bonchev–Trinajstić information content (AvgIpc) is 2.97. The van der Waals surface area contributed by atoms with E-state index in [0.717, 1.165) is 36.4 Å². The maximum absolute atomic E-state index is 10.9. The summed E-state index contributed by atoms with van der Waals surface area (Å²) in [7, 11) is 2.80. The van der Waals surface area contributed by atoms with E-state index in [1.165, 1.54) is 39.1 Å². The number of nitro groups is 1. The molecule has 0 spiro atoms. The second kappa shape index (κ2) is 8.37. The van der Waals surface area contributed by atoms with Crippen molar-refractivity contribution in [2.24, 2.45) is 4.99 Å². The van der Waals surface area contributed by atoms with Gasteiger partial charge in [-0.15, -0.1) is 0 Å². The van der Waals surface area contributed by atoms with E-state index < -0.39 is 4.92 Å². The predicted octanol–water partition coefficient (Wildman–Crippen LogP) is 4.63. The number of nitrogens with zero attached hydrogens (tertiary/aromatic N) is 4. The molecule has 0 amide bonds. The third-order valence-corrected chi connectivity index (χ3v) is 5.07. The molecule has 1 heterocycles. The van der Waals surface area contributed by atoms with Gasteiger partial charge in [0.05, 0.1) is 15.6 Å². The fraction of sp³-hybridized carbons (Fsp3) is 0.429. The summed E-state index contributed by atoms with van der Waals surface area (Å²) >= 11 is 6.13. The molecule has 2 aromatic rings. The second-order valence-corrected chi connectivity index (χ2v) is 7.11. The van der Waals surface area contributed by atoms with Crippen LogP contribution in [-0.4, -0.2) is 22.4 Å². The zero-order valence-electron chi connectivity index (χ0n) is 12.9. The Morgan fingerprint density at radius 1 is 1.35 bits per heavy atom. The van der Waals surface area contributed by atoms with Gasteiger partial charge in [-0.25, -0.2) is 4.99 Å². The van der Waals surface area contributed by atoms with Gasteiger partial charge in [-0.1, -0.05) is 25.4 Å². The fourth-order valence-corrected chi connectivity index (χ4v) is 3.95. The Morgan fingerprint density at radius 2 is 2.04 bits per heavy atom. The van der Waals surface area contributed by atoms with Crippen LogP contribution in [0, 0.1) is 10.1 Å². The van der Waals surface area contributed by atoms with Crippen molar-refractivity contribution in [1.82, 2.24) is 4.37 Å². The SMILES string of the molecule is CCCN(CCC)c1nssc1=Nc1cc([N+](=O)[O-])ccc1Cl. The van der Waals surface area contributed by atoms with E-state index in [2.05, 4.69) is 28.1 Å². The molecule has 6 nitrogen and oxygen atoms in total. The number of aromatic nitrogens is 1. The Kier molecular flexibility index (Phi) is 6.49. The van der Waals surface area contributed by atoms with Crippen molar-refractivity contribution in [3.63, 3.8) is 0 Å². The Labute approximate surface area is 146 Å². The van der Waals surface area contributed by atoms with Gasteiger partial charge in [0, 0.05) is 35.8 Å². The zero-order valence-corrected chi connectivity index (χ0v) is 15.2. The van der Waals surface area contributed by atoms with E-state index >= 15 is 0 Å². The summed E-state index contributed by atoms with van der Waals surface area (Å²) in [5.41, 5.74) is 0.369. The van der Waals surface area contributed by atoms with Gasteiger partial charge in [0.2, 0.25) is 0 Å². The first-order chi connectivity index (χ1) is 11.1. The van der Waals surface area contributed by atoms with E-state index in [0.29, 0.717) is 10.7 Å². The molecule has 9 heteroatoms. The lowest BCUT2D eigenvalue weighted by Crippen LogP contribution is -2.29. The van der Waals surface area contributed by atoms with Crippen molar-refractivity contribution >= 4 is 49.7 Å². The van der Waals surface area contributed by atoms with Crippen LogP contribution in [-0.2, 0) is 0 Å². The smallest absolute Gasteiger partial charge is 0.271 e. The molecule has 1 aromatic heterocycles. The highest BCUT2D eigenvalue weighted by atomic mass is 35.5. The summed E-state index contributed by atoms with van der Waals surface area (Å²) in [4.78, 5) is 17.2. The number of hydrogen-bond acceptors (Lipinski definition) is 7. The number of benzene rings is 1. The van der Waals surface area contributed by atoms with Crippen LogP contribution in [0.5, 0.6) is 0 Å². The first kappa shape index (κ1) is 17.8. The Balaban J connectivity index is 2.47. The van der Waals surface area contributed by atoms with Gasteiger partial charge in [-0.2, -0.15) is 4.37 Å². The van der Waals surface area contributed by atoms with Crippen molar-refractivity contribution in [2.45, 2.75) is 26.7 Å². The first-order valence-corrected chi connectivity index (χ1v) is 9.74. The van der Waals surface area contributed by atoms with Gasteiger partial charge >= 0.3 is 0 Å². The summed E-state index contributed by atoms with van der Waals surface area (Å²) in [6.45, 7) is 6.03. The first-order valence-electron chi connectivity index (χ1n) is 7.26. The average molecular weight is 373 g/mol. The molecule has 0 atom stereocenters. The monoisotopic (exact) mass is 372 g/mol. The standard InChI is InChI=1S/C14H17ClN4O2S2/c1-3-7-18(8-4-2)13-14(22-23-17-13)16-12-9-10(19(20)21)5-6-11(12)15/h5-6,9H,3-4,7-8H2,1-2H3. The number of nitro benzene ring substituents is 1. The van der Waals surface area contributed by atoms with Crippen LogP contribution in [0.15, 0.2) is 23.2 Å². The van der Waals surface area contributed by atoms with Crippen molar-refractivity contribution in [3.8, 4) is 0 Å². The zero-order chi connectivity index (χ0) is 16.8. The summed E-state index contributed by atoms with van der Waals surface area (Å²) < 4.78 is 5.19. The minimum Gasteiger partial charge on any atom is -0.353 e. The van der Waals surface area contributed by atoms with Gasteiger partial charge in [0.1, 0.15) is 0 Å². The molecule has 0 saturated heterocycles. The molecule has 1 aromatic carbocycles. The summed E-state index contributed by atoms with van der Waals surface area (Å²) in [5, 5.41) is 11.3. The van der Waals surface area contributed by atoms with Crippen LogP contribution in [0.2, 0.25) is 5.02 Å². The third-order valence-electron chi connectivity index (χ3n) is 3.08. The highest BCUT2D eigenvalue weighted by molar-refractivity contribution is 7.66. The van der Waals surface area contributed by atoms with Gasteiger partial charge in [-0.3, -0.25) is 10.1 Å². The van der Waals surface area contributed by atoms with E-state index in [-0.39, 0.29) is 5.69 Å². The lowest BCUT2D eigenvalue weighted by atomic mass is 10.3. The van der Waals surface area contributed by atoms with Crippen molar-refractivity contribution in [3.05, 3.63) is 38.0 Å². The second-order valence-electron chi connectivity index (χ2n) is 4.87. The van der Waals surface area contributed by atoms with Crippen LogP contribution in [0.1, 0.15) is 26.7 Å². The van der Waals surface area contributed by atoms with E-state index in [4.69, 9.17) is 11.6 Å². The van der Waals surface area contributed by atoms with Crippen LogP contribution < -0.4 is 9.57 Å². The molecule has 124 valence electrons. The number of halogens is 1.